The summed E-state index contributed by atoms with van der Waals surface area (Å²) in [5, 5.41) is 0. The molecule has 0 radical (unpaired) electrons. The minimum atomic E-state index is 0.788. The molecule has 0 saturated carbocycles. The standard InChI is InChI=1S/C14H20BrNO/c1-12-6-8-16(9-7-12)10-11-17-14-4-2-13(15)3-5-14/h2-5,12H,6-11H2,1H3. The molecule has 0 spiro atoms. The Morgan fingerprint density at radius 3 is 2.53 bits per heavy atom. The number of piperidine rings is 1. The molecule has 1 aromatic rings. The third kappa shape index (κ3) is 4.32. The zero-order valence-corrected chi connectivity index (χ0v) is 11.9. The highest BCUT2D eigenvalue weighted by molar-refractivity contribution is 9.10. The van der Waals surface area contributed by atoms with Crippen molar-refractivity contribution in [1.82, 2.24) is 4.90 Å². The van der Waals surface area contributed by atoms with Gasteiger partial charge in [-0.05, 0) is 56.1 Å². The minimum absolute atomic E-state index is 0.788. The summed E-state index contributed by atoms with van der Waals surface area (Å²) in [6, 6.07) is 8.03. The number of hydrogen-bond acceptors (Lipinski definition) is 2. The smallest absolute Gasteiger partial charge is 0.119 e. The lowest BCUT2D eigenvalue weighted by molar-refractivity contribution is 0.160. The summed E-state index contributed by atoms with van der Waals surface area (Å²) in [6.45, 7) is 6.63. The van der Waals surface area contributed by atoms with E-state index >= 15 is 0 Å². The lowest BCUT2D eigenvalue weighted by Crippen LogP contribution is -2.35. The van der Waals surface area contributed by atoms with Gasteiger partial charge in [-0.25, -0.2) is 0 Å². The first-order chi connectivity index (χ1) is 8.24. The second kappa shape index (κ2) is 6.41. The van der Waals surface area contributed by atoms with Gasteiger partial charge in [-0.3, -0.25) is 4.90 Å². The Bertz CT molecular complexity index is 331. The van der Waals surface area contributed by atoms with Crippen LogP contribution in [0.3, 0.4) is 0 Å². The van der Waals surface area contributed by atoms with Crippen LogP contribution in [0.5, 0.6) is 5.75 Å². The molecular weight excluding hydrogens is 278 g/mol. The molecule has 0 aliphatic carbocycles. The van der Waals surface area contributed by atoms with Crippen molar-refractivity contribution in [2.75, 3.05) is 26.2 Å². The fourth-order valence-electron chi connectivity index (χ4n) is 2.11. The summed E-state index contributed by atoms with van der Waals surface area (Å²) in [5.41, 5.74) is 0. The van der Waals surface area contributed by atoms with E-state index in [1.54, 1.807) is 0 Å². The predicted molar refractivity (Wildman–Crippen MR) is 74.5 cm³/mol. The summed E-state index contributed by atoms with van der Waals surface area (Å²) in [5.74, 6) is 1.86. The Balaban J connectivity index is 1.67. The molecule has 1 saturated heterocycles. The van der Waals surface area contributed by atoms with Gasteiger partial charge in [-0.1, -0.05) is 22.9 Å². The van der Waals surface area contributed by atoms with Gasteiger partial charge in [0.2, 0.25) is 0 Å². The Kier molecular flexibility index (Phi) is 4.86. The topological polar surface area (TPSA) is 12.5 Å². The fraction of sp³-hybridized carbons (Fsp3) is 0.571. The van der Waals surface area contributed by atoms with Crippen LogP contribution in [0.15, 0.2) is 28.7 Å². The van der Waals surface area contributed by atoms with Gasteiger partial charge in [0, 0.05) is 11.0 Å². The molecule has 0 amide bonds. The molecule has 1 aliphatic rings. The Hall–Kier alpha value is -0.540. The summed E-state index contributed by atoms with van der Waals surface area (Å²) in [7, 11) is 0. The average Bonchev–Trinajstić information content (AvgIpc) is 2.34. The van der Waals surface area contributed by atoms with Crippen LogP contribution in [0.25, 0.3) is 0 Å². The van der Waals surface area contributed by atoms with Gasteiger partial charge in [0.1, 0.15) is 12.4 Å². The molecule has 0 aromatic heterocycles. The van der Waals surface area contributed by atoms with Gasteiger partial charge in [-0.15, -0.1) is 0 Å². The maximum Gasteiger partial charge on any atom is 0.119 e. The number of benzene rings is 1. The Morgan fingerprint density at radius 2 is 1.88 bits per heavy atom. The minimum Gasteiger partial charge on any atom is -0.492 e. The molecule has 17 heavy (non-hydrogen) atoms. The van der Waals surface area contributed by atoms with Gasteiger partial charge in [-0.2, -0.15) is 0 Å². The van der Waals surface area contributed by atoms with Crippen LogP contribution in [0.2, 0.25) is 0 Å². The molecule has 0 N–H and O–H groups in total. The van der Waals surface area contributed by atoms with E-state index in [0.717, 1.165) is 29.3 Å². The second-order valence-corrected chi connectivity index (χ2v) is 5.74. The highest BCUT2D eigenvalue weighted by atomic mass is 79.9. The van der Waals surface area contributed by atoms with Crippen molar-refractivity contribution in [3.8, 4) is 5.75 Å². The lowest BCUT2D eigenvalue weighted by Gasteiger charge is -2.29. The number of ether oxygens (including phenoxy) is 1. The molecule has 1 aliphatic heterocycles. The van der Waals surface area contributed by atoms with Crippen molar-refractivity contribution in [3.63, 3.8) is 0 Å². The third-order valence-electron chi connectivity index (χ3n) is 3.37. The zero-order valence-electron chi connectivity index (χ0n) is 10.4. The molecule has 2 nitrogen and oxygen atoms in total. The van der Waals surface area contributed by atoms with E-state index in [2.05, 4.69) is 27.8 Å². The molecule has 3 heteroatoms. The summed E-state index contributed by atoms with van der Waals surface area (Å²) in [6.07, 6.45) is 2.66. The number of nitrogens with zero attached hydrogens (tertiary/aromatic N) is 1. The molecule has 0 bridgehead atoms. The summed E-state index contributed by atoms with van der Waals surface area (Å²) >= 11 is 3.42. The van der Waals surface area contributed by atoms with E-state index < -0.39 is 0 Å². The molecule has 94 valence electrons. The zero-order chi connectivity index (χ0) is 12.1. The quantitative estimate of drug-likeness (QED) is 0.842. The fourth-order valence-corrected chi connectivity index (χ4v) is 2.37. The molecule has 1 fully saturated rings. The molecule has 1 heterocycles. The second-order valence-electron chi connectivity index (χ2n) is 4.83. The first-order valence-electron chi connectivity index (χ1n) is 6.35. The van der Waals surface area contributed by atoms with Crippen LogP contribution in [0.1, 0.15) is 19.8 Å². The van der Waals surface area contributed by atoms with Gasteiger partial charge >= 0.3 is 0 Å². The Morgan fingerprint density at radius 1 is 1.24 bits per heavy atom. The van der Waals surface area contributed by atoms with Crippen molar-refractivity contribution in [3.05, 3.63) is 28.7 Å². The molecule has 2 rings (SSSR count). The first kappa shape index (κ1) is 12.9. The van der Waals surface area contributed by atoms with E-state index in [9.17, 15) is 0 Å². The maximum atomic E-state index is 5.73. The van der Waals surface area contributed by atoms with Crippen LogP contribution in [0.4, 0.5) is 0 Å². The molecular formula is C14H20BrNO. The average molecular weight is 298 g/mol. The highest BCUT2D eigenvalue weighted by Gasteiger charge is 2.14. The van der Waals surface area contributed by atoms with Crippen molar-refractivity contribution in [2.24, 2.45) is 5.92 Å². The van der Waals surface area contributed by atoms with Crippen LogP contribution >= 0.6 is 15.9 Å². The van der Waals surface area contributed by atoms with Crippen molar-refractivity contribution in [2.45, 2.75) is 19.8 Å². The number of rotatable bonds is 4. The third-order valence-corrected chi connectivity index (χ3v) is 3.89. The lowest BCUT2D eigenvalue weighted by atomic mass is 9.99. The van der Waals surface area contributed by atoms with Gasteiger partial charge in [0.15, 0.2) is 0 Å². The van der Waals surface area contributed by atoms with E-state index in [-0.39, 0.29) is 0 Å². The Labute approximate surface area is 112 Å². The highest BCUT2D eigenvalue weighted by Crippen LogP contribution is 2.17. The number of likely N-dealkylation sites (tertiary alicyclic amines) is 1. The summed E-state index contributed by atoms with van der Waals surface area (Å²) in [4.78, 5) is 2.50. The van der Waals surface area contributed by atoms with Crippen LogP contribution in [-0.2, 0) is 0 Å². The van der Waals surface area contributed by atoms with E-state index in [1.807, 2.05) is 24.3 Å². The summed E-state index contributed by atoms with van der Waals surface area (Å²) < 4.78 is 6.82. The van der Waals surface area contributed by atoms with Gasteiger partial charge in [0.25, 0.3) is 0 Å². The van der Waals surface area contributed by atoms with Crippen molar-refractivity contribution < 1.29 is 4.74 Å². The van der Waals surface area contributed by atoms with Crippen molar-refractivity contribution in [1.29, 1.82) is 0 Å². The van der Waals surface area contributed by atoms with Gasteiger partial charge < -0.3 is 4.74 Å². The first-order valence-corrected chi connectivity index (χ1v) is 7.14. The number of hydrogen-bond donors (Lipinski definition) is 0. The molecule has 1 aromatic carbocycles. The van der Waals surface area contributed by atoms with E-state index in [1.165, 1.54) is 25.9 Å². The van der Waals surface area contributed by atoms with Crippen LogP contribution in [-0.4, -0.2) is 31.1 Å². The van der Waals surface area contributed by atoms with Crippen LogP contribution in [0, 0.1) is 5.92 Å². The van der Waals surface area contributed by atoms with Crippen LogP contribution < -0.4 is 4.74 Å². The van der Waals surface area contributed by atoms with Crippen molar-refractivity contribution >= 4 is 15.9 Å². The van der Waals surface area contributed by atoms with E-state index in [0.29, 0.717) is 0 Å². The molecule has 0 unspecified atom stereocenters. The monoisotopic (exact) mass is 297 g/mol. The van der Waals surface area contributed by atoms with Gasteiger partial charge in [0.05, 0.1) is 0 Å². The SMILES string of the molecule is CC1CCN(CCOc2ccc(Br)cc2)CC1. The number of halogens is 1. The molecule has 0 atom stereocenters. The largest absolute Gasteiger partial charge is 0.492 e. The normalized spacial score (nSPS) is 18.2. The maximum absolute atomic E-state index is 5.73. The van der Waals surface area contributed by atoms with E-state index in [4.69, 9.17) is 4.74 Å². The predicted octanol–water partition coefficient (Wildman–Crippen LogP) is 3.56.